The zero-order valence-corrected chi connectivity index (χ0v) is 16.9. The molecular formula is C19H26N4O3S. The van der Waals surface area contributed by atoms with E-state index in [1.54, 1.807) is 33.0 Å². The van der Waals surface area contributed by atoms with Gasteiger partial charge in [-0.25, -0.2) is 13.4 Å². The molecule has 4 rings (SSSR count). The van der Waals surface area contributed by atoms with Crippen molar-refractivity contribution in [3.8, 4) is 0 Å². The molecule has 0 bridgehead atoms. The first-order valence-corrected chi connectivity index (χ1v) is 11.0. The largest absolute Gasteiger partial charge is 0.370 e. The molecule has 1 aliphatic heterocycles. The van der Waals surface area contributed by atoms with Gasteiger partial charge in [0.2, 0.25) is 5.89 Å². The van der Waals surface area contributed by atoms with Crippen LogP contribution in [-0.4, -0.2) is 41.4 Å². The number of anilines is 1. The number of pyridine rings is 1. The summed E-state index contributed by atoms with van der Waals surface area (Å²) in [5.41, 5.74) is 0.952. The summed E-state index contributed by atoms with van der Waals surface area (Å²) in [5.74, 6) is 2.44. The molecular weight excluding hydrogens is 364 g/mol. The lowest BCUT2D eigenvalue weighted by Crippen LogP contribution is -2.33. The summed E-state index contributed by atoms with van der Waals surface area (Å²) in [6, 6.07) is 3.47. The Morgan fingerprint density at radius 2 is 1.78 bits per heavy atom. The molecule has 27 heavy (non-hydrogen) atoms. The van der Waals surface area contributed by atoms with Crippen LogP contribution in [0.5, 0.6) is 0 Å². The van der Waals surface area contributed by atoms with Crippen molar-refractivity contribution >= 4 is 15.5 Å². The maximum Gasteiger partial charge on any atom is 0.229 e. The molecule has 0 atom stereocenters. The molecule has 3 heterocycles. The SMILES string of the molecule is CC(C)(C)S(=O)(=O)c1ccc(N2CCC(c3noc(C4CC4)n3)CC2)cn1. The molecule has 0 unspecified atom stereocenters. The molecule has 0 amide bonds. The molecule has 7 nitrogen and oxygen atoms in total. The first-order valence-electron chi connectivity index (χ1n) is 9.55. The van der Waals surface area contributed by atoms with Crippen LogP contribution < -0.4 is 4.90 Å². The van der Waals surface area contributed by atoms with Crippen molar-refractivity contribution in [3.05, 3.63) is 30.0 Å². The highest BCUT2D eigenvalue weighted by atomic mass is 32.2. The molecule has 8 heteroatoms. The first kappa shape index (κ1) is 18.4. The van der Waals surface area contributed by atoms with Gasteiger partial charge in [0.15, 0.2) is 20.7 Å². The van der Waals surface area contributed by atoms with Crippen LogP contribution in [0, 0.1) is 0 Å². The fraction of sp³-hybridized carbons (Fsp3) is 0.632. The second-order valence-corrected chi connectivity index (χ2v) is 11.1. The fourth-order valence-electron chi connectivity index (χ4n) is 3.34. The summed E-state index contributed by atoms with van der Waals surface area (Å²) in [6.45, 7) is 6.80. The molecule has 1 saturated carbocycles. The highest BCUT2D eigenvalue weighted by molar-refractivity contribution is 7.92. The van der Waals surface area contributed by atoms with E-state index < -0.39 is 14.6 Å². The monoisotopic (exact) mass is 390 g/mol. The average Bonchev–Trinajstić information content (AvgIpc) is 3.38. The topological polar surface area (TPSA) is 89.2 Å². The van der Waals surface area contributed by atoms with E-state index in [1.807, 2.05) is 6.07 Å². The van der Waals surface area contributed by atoms with Crippen LogP contribution in [0.1, 0.15) is 70.0 Å². The van der Waals surface area contributed by atoms with E-state index in [4.69, 9.17) is 4.52 Å². The second kappa shape index (κ2) is 6.58. The number of hydrogen-bond donors (Lipinski definition) is 0. The maximum atomic E-state index is 12.5. The molecule has 2 aliphatic rings. The standard InChI is InChI=1S/C19H26N4O3S/c1-19(2,3)27(24,25)16-7-6-15(12-20-16)23-10-8-13(9-11-23)17-21-18(26-22-17)14-4-5-14/h6-7,12-14H,4-5,8-11H2,1-3H3. The van der Waals surface area contributed by atoms with Gasteiger partial charge in [-0.3, -0.25) is 0 Å². The minimum absolute atomic E-state index is 0.132. The predicted molar refractivity (Wildman–Crippen MR) is 102 cm³/mol. The third-order valence-electron chi connectivity index (χ3n) is 5.41. The fourth-order valence-corrected chi connectivity index (χ4v) is 4.40. The highest BCUT2D eigenvalue weighted by Gasteiger charge is 2.33. The normalized spacial score (nSPS) is 19.4. The lowest BCUT2D eigenvalue weighted by molar-refractivity contribution is 0.365. The summed E-state index contributed by atoms with van der Waals surface area (Å²) >= 11 is 0. The number of hydrogen-bond acceptors (Lipinski definition) is 7. The van der Waals surface area contributed by atoms with E-state index >= 15 is 0 Å². The van der Waals surface area contributed by atoms with Crippen LogP contribution in [0.2, 0.25) is 0 Å². The van der Waals surface area contributed by atoms with Crippen LogP contribution in [0.25, 0.3) is 0 Å². The molecule has 2 aromatic heterocycles. The summed E-state index contributed by atoms with van der Waals surface area (Å²) < 4.78 is 29.5. The van der Waals surface area contributed by atoms with Crippen molar-refractivity contribution in [2.45, 2.75) is 68.1 Å². The number of piperidine rings is 1. The van der Waals surface area contributed by atoms with E-state index in [9.17, 15) is 8.42 Å². The number of sulfone groups is 1. The quantitative estimate of drug-likeness (QED) is 0.791. The van der Waals surface area contributed by atoms with Crippen LogP contribution >= 0.6 is 0 Å². The number of aromatic nitrogens is 3. The Hall–Kier alpha value is -1.96. The van der Waals surface area contributed by atoms with Gasteiger partial charge in [0, 0.05) is 24.9 Å². The zero-order valence-electron chi connectivity index (χ0n) is 16.1. The zero-order chi connectivity index (χ0) is 19.2. The van der Waals surface area contributed by atoms with Gasteiger partial charge >= 0.3 is 0 Å². The van der Waals surface area contributed by atoms with Crippen LogP contribution in [0.4, 0.5) is 5.69 Å². The van der Waals surface area contributed by atoms with E-state index in [1.165, 1.54) is 0 Å². The highest BCUT2D eigenvalue weighted by Crippen LogP contribution is 2.40. The van der Waals surface area contributed by atoms with Crippen molar-refractivity contribution in [2.24, 2.45) is 0 Å². The Morgan fingerprint density at radius 1 is 1.07 bits per heavy atom. The van der Waals surface area contributed by atoms with Gasteiger partial charge in [-0.05, 0) is 58.6 Å². The molecule has 2 aromatic rings. The third kappa shape index (κ3) is 3.59. The average molecular weight is 391 g/mol. The predicted octanol–water partition coefficient (Wildman–Crippen LogP) is 3.30. The molecule has 0 spiro atoms. The Labute approximate surface area is 160 Å². The lowest BCUT2D eigenvalue weighted by Gasteiger charge is -2.32. The van der Waals surface area contributed by atoms with Crippen molar-refractivity contribution in [1.29, 1.82) is 0 Å². The Kier molecular flexibility index (Phi) is 4.49. The molecule has 0 N–H and O–H groups in total. The van der Waals surface area contributed by atoms with Crippen molar-refractivity contribution < 1.29 is 12.9 Å². The van der Waals surface area contributed by atoms with Crippen LogP contribution in [0.15, 0.2) is 27.9 Å². The van der Waals surface area contributed by atoms with Gasteiger partial charge in [-0.15, -0.1) is 0 Å². The Balaban J connectivity index is 1.40. The van der Waals surface area contributed by atoms with E-state index in [0.717, 1.165) is 56.2 Å². The van der Waals surface area contributed by atoms with Crippen molar-refractivity contribution in [3.63, 3.8) is 0 Å². The molecule has 2 fully saturated rings. The van der Waals surface area contributed by atoms with E-state index in [-0.39, 0.29) is 5.03 Å². The van der Waals surface area contributed by atoms with Crippen molar-refractivity contribution in [1.82, 2.24) is 15.1 Å². The Morgan fingerprint density at radius 3 is 2.33 bits per heavy atom. The minimum atomic E-state index is -3.42. The summed E-state index contributed by atoms with van der Waals surface area (Å²) in [7, 11) is -3.42. The van der Waals surface area contributed by atoms with Gasteiger partial charge in [-0.2, -0.15) is 4.98 Å². The summed E-state index contributed by atoms with van der Waals surface area (Å²) in [4.78, 5) is 11.0. The lowest BCUT2D eigenvalue weighted by atomic mass is 9.96. The number of nitrogens with zero attached hydrogens (tertiary/aromatic N) is 4. The Bertz CT molecular complexity index is 903. The van der Waals surface area contributed by atoms with Crippen molar-refractivity contribution in [2.75, 3.05) is 18.0 Å². The molecule has 0 radical (unpaired) electrons. The van der Waals surface area contributed by atoms with Gasteiger partial charge in [-0.1, -0.05) is 5.16 Å². The summed E-state index contributed by atoms with van der Waals surface area (Å²) in [6.07, 6.45) is 5.89. The molecule has 146 valence electrons. The van der Waals surface area contributed by atoms with Crippen LogP contribution in [-0.2, 0) is 9.84 Å². The van der Waals surface area contributed by atoms with Gasteiger partial charge in [0.1, 0.15) is 0 Å². The molecule has 1 aliphatic carbocycles. The molecule has 0 aromatic carbocycles. The second-order valence-electron chi connectivity index (χ2n) is 8.50. The van der Waals surface area contributed by atoms with Crippen LogP contribution in [0.3, 0.4) is 0 Å². The van der Waals surface area contributed by atoms with E-state index in [0.29, 0.717) is 11.8 Å². The molecule has 1 saturated heterocycles. The minimum Gasteiger partial charge on any atom is -0.370 e. The number of rotatable bonds is 4. The van der Waals surface area contributed by atoms with Gasteiger partial charge < -0.3 is 9.42 Å². The van der Waals surface area contributed by atoms with Gasteiger partial charge in [0.25, 0.3) is 0 Å². The third-order valence-corrected chi connectivity index (χ3v) is 7.82. The first-order chi connectivity index (χ1) is 12.8. The maximum absolute atomic E-state index is 12.5. The van der Waals surface area contributed by atoms with Gasteiger partial charge in [0.05, 0.1) is 16.6 Å². The smallest absolute Gasteiger partial charge is 0.229 e. The van der Waals surface area contributed by atoms with E-state index in [2.05, 4.69) is 20.0 Å². The summed E-state index contributed by atoms with van der Waals surface area (Å²) in [5, 5.41) is 4.31.